The molecule has 8 nitrogen and oxygen atoms in total. The number of carbonyl (C=O) groups is 3. The summed E-state index contributed by atoms with van der Waals surface area (Å²) in [5.41, 5.74) is -0.435. The molecule has 0 aromatic carbocycles. The van der Waals surface area contributed by atoms with Gasteiger partial charge in [-0.15, -0.1) is 0 Å². The molecule has 0 aromatic rings. The van der Waals surface area contributed by atoms with Crippen molar-refractivity contribution in [3.8, 4) is 0 Å². The summed E-state index contributed by atoms with van der Waals surface area (Å²) in [6, 6.07) is 0. The Bertz CT molecular complexity index is 945. The zero-order valence-electron chi connectivity index (χ0n) is 39.9. The summed E-state index contributed by atoms with van der Waals surface area (Å²) < 4.78 is 23.4. The second kappa shape index (κ2) is 38.0. The lowest BCUT2D eigenvalue weighted by atomic mass is 9.94. The van der Waals surface area contributed by atoms with E-state index in [1.165, 1.54) is 103 Å². The molecule has 59 heavy (non-hydrogen) atoms. The number of hydrogen-bond acceptors (Lipinski definition) is 8. The molecule has 2 unspecified atom stereocenters. The van der Waals surface area contributed by atoms with Crippen LogP contribution in [0.25, 0.3) is 0 Å². The van der Waals surface area contributed by atoms with Crippen LogP contribution in [-0.4, -0.2) is 76.5 Å². The average Bonchev–Trinajstić information content (AvgIpc) is 4.02. The maximum absolute atomic E-state index is 13.2. The maximum atomic E-state index is 13.2. The van der Waals surface area contributed by atoms with Crippen molar-refractivity contribution >= 4 is 17.9 Å². The van der Waals surface area contributed by atoms with Gasteiger partial charge in [0, 0.05) is 19.4 Å². The highest BCUT2D eigenvalue weighted by molar-refractivity contribution is 5.80. The van der Waals surface area contributed by atoms with E-state index in [2.05, 4.69) is 32.6 Å². The van der Waals surface area contributed by atoms with Crippen molar-refractivity contribution < 1.29 is 33.3 Å². The summed E-state index contributed by atoms with van der Waals surface area (Å²) in [5.74, 6) is 1.25. The number of unbranched alkanes of at least 4 members (excludes halogenated alkanes) is 16. The summed E-state index contributed by atoms with van der Waals surface area (Å²) in [7, 11) is 4.06. The molecular formula is C51H97NO7. The minimum absolute atomic E-state index is 0.0298. The van der Waals surface area contributed by atoms with Gasteiger partial charge in [-0.2, -0.15) is 0 Å². The normalized spacial score (nSPS) is 14.9. The highest BCUT2D eigenvalue weighted by Gasteiger charge is 2.51. The number of rotatable bonds is 44. The van der Waals surface area contributed by atoms with Gasteiger partial charge >= 0.3 is 17.9 Å². The van der Waals surface area contributed by atoms with Crippen LogP contribution in [0.4, 0.5) is 0 Å². The lowest BCUT2D eigenvalue weighted by Crippen LogP contribution is -2.28. The van der Waals surface area contributed by atoms with E-state index in [4.69, 9.17) is 18.9 Å². The molecule has 0 bridgehead atoms. The fourth-order valence-corrected chi connectivity index (χ4v) is 8.09. The average molecular weight is 836 g/mol. The third-order valence-corrected chi connectivity index (χ3v) is 12.6. The van der Waals surface area contributed by atoms with E-state index in [0.717, 1.165) is 96.4 Å². The zero-order valence-corrected chi connectivity index (χ0v) is 39.9. The molecule has 1 rings (SSSR count). The first-order valence-electron chi connectivity index (χ1n) is 25.4. The fraction of sp³-hybridized carbons (Fsp3) is 0.941. The first-order valence-corrected chi connectivity index (χ1v) is 25.4. The molecule has 0 amide bonds. The van der Waals surface area contributed by atoms with Gasteiger partial charge in [0.1, 0.15) is 0 Å². The second-order valence-corrected chi connectivity index (χ2v) is 18.8. The monoisotopic (exact) mass is 836 g/mol. The largest absolute Gasteiger partial charge is 0.465 e. The highest BCUT2D eigenvalue weighted by atomic mass is 16.5. The summed E-state index contributed by atoms with van der Waals surface area (Å²) in [5, 5.41) is 0. The minimum Gasteiger partial charge on any atom is -0.465 e. The van der Waals surface area contributed by atoms with Crippen LogP contribution in [0.15, 0.2) is 0 Å². The Morgan fingerprint density at radius 1 is 0.475 bits per heavy atom. The van der Waals surface area contributed by atoms with Crippen molar-refractivity contribution in [3.05, 3.63) is 0 Å². The molecule has 1 saturated carbocycles. The van der Waals surface area contributed by atoms with Crippen LogP contribution in [0.1, 0.15) is 233 Å². The molecule has 0 saturated heterocycles. The van der Waals surface area contributed by atoms with Crippen LogP contribution in [0.2, 0.25) is 0 Å². The van der Waals surface area contributed by atoms with Gasteiger partial charge in [-0.05, 0) is 96.1 Å². The molecule has 0 aromatic heterocycles. The molecule has 8 heteroatoms. The molecule has 1 aliphatic rings. The van der Waals surface area contributed by atoms with Crippen molar-refractivity contribution in [1.82, 2.24) is 4.90 Å². The number of ether oxygens (including phenoxy) is 4. The van der Waals surface area contributed by atoms with E-state index in [0.29, 0.717) is 63.6 Å². The Hall–Kier alpha value is -1.67. The lowest BCUT2D eigenvalue weighted by molar-refractivity contribution is -0.154. The van der Waals surface area contributed by atoms with Gasteiger partial charge in [-0.3, -0.25) is 14.4 Å². The first-order chi connectivity index (χ1) is 28.7. The van der Waals surface area contributed by atoms with Gasteiger partial charge in [-0.1, -0.05) is 156 Å². The third kappa shape index (κ3) is 31.8. The van der Waals surface area contributed by atoms with E-state index in [1.807, 2.05) is 14.1 Å². The topological polar surface area (TPSA) is 91.4 Å². The Kier molecular flexibility index (Phi) is 35.7. The van der Waals surface area contributed by atoms with E-state index >= 15 is 0 Å². The summed E-state index contributed by atoms with van der Waals surface area (Å²) >= 11 is 0. The van der Waals surface area contributed by atoms with E-state index in [-0.39, 0.29) is 17.9 Å². The van der Waals surface area contributed by atoms with E-state index < -0.39 is 5.41 Å². The van der Waals surface area contributed by atoms with Gasteiger partial charge in [0.25, 0.3) is 0 Å². The first kappa shape index (κ1) is 55.3. The summed E-state index contributed by atoms with van der Waals surface area (Å²) in [6.07, 6.45) is 35.1. The number of carbonyl (C=O) groups excluding carboxylic acids is 3. The van der Waals surface area contributed by atoms with Crippen molar-refractivity contribution in [2.45, 2.75) is 233 Å². The molecular weight excluding hydrogens is 739 g/mol. The van der Waals surface area contributed by atoms with E-state index in [9.17, 15) is 14.4 Å². The third-order valence-electron chi connectivity index (χ3n) is 12.6. The Morgan fingerprint density at radius 2 is 0.831 bits per heavy atom. The summed E-state index contributed by atoms with van der Waals surface area (Å²) in [4.78, 5) is 40.3. The van der Waals surface area contributed by atoms with Crippen LogP contribution >= 0.6 is 0 Å². The molecule has 1 fully saturated rings. The van der Waals surface area contributed by atoms with Crippen LogP contribution in [0, 0.1) is 23.2 Å². The smallest absolute Gasteiger partial charge is 0.314 e. The SMILES string of the molecule is CCCCCCC(CCCC)COC(=O)CCCCCCCC(CCCCCCCC(=O)OCC(CCCC)CCCCCC)COC(=O)C1(COCCN(C)C)CC1. The van der Waals surface area contributed by atoms with E-state index in [1.54, 1.807) is 0 Å². The van der Waals surface area contributed by atoms with Crippen LogP contribution in [-0.2, 0) is 33.3 Å². The standard InChI is InChI=1S/C51H97NO7/c1-7-11-15-23-31-45(29-13-9-3)41-57-48(53)35-27-21-17-19-25-33-47(43-59-50(55)51(37-38-51)44-56-40-39-52(5)6)34-26-20-18-22-28-36-49(54)58-42-46(30-14-10-4)32-24-16-12-8-2/h45-47H,7-44H2,1-6H3. The van der Waals surface area contributed by atoms with Gasteiger partial charge in [0.05, 0.1) is 38.4 Å². The van der Waals surface area contributed by atoms with Gasteiger partial charge in [0.2, 0.25) is 0 Å². The van der Waals surface area contributed by atoms with Crippen molar-refractivity contribution in [1.29, 1.82) is 0 Å². The number of nitrogens with zero attached hydrogens (tertiary/aromatic N) is 1. The molecule has 2 atom stereocenters. The van der Waals surface area contributed by atoms with Crippen LogP contribution in [0.3, 0.4) is 0 Å². The minimum atomic E-state index is -0.435. The Morgan fingerprint density at radius 3 is 1.22 bits per heavy atom. The summed E-state index contributed by atoms with van der Waals surface area (Å²) in [6.45, 7) is 12.6. The maximum Gasteiger partial charge on any atom is 0.314 e. The van der Waals surface area contributed by atoms with Gasteiger partial charge in [-0.25, -0.2) is 0 Å². The molecule has 0 N–H and O–H groups in total. The quantitative estimate of drug-likeness (QED) is 0.0340. The lowest BCUT2D eigenvalue weighted by Gasteiger charge is -2.20. The molecule has 348 valence electrons. The van der Waals surface area contributed by atoms with Gasteiger partial charge < -0.3 is 23.8 Å². The predicted octanol–water partition coefficient (Wildman–Crippen LogP) is 13.6. The highest BCUT2D eigenvalue weighted by Crippen LogP contribution is 2.47. The van der Waals surface area contributed by atoms with Gasteiger partial charge in [0.15, 0.2) is 0 Å². The number of likely N-dealkylation sites (N-methyl/N-ethyl adjacent to an activating group) is 1. The molecule has 0 heterocycles. The molecule has 1 aliphatic carbocycles. The fourth-order valence-electron chi connectivity index (χ4n) is 8.09. The Balaban J connectivity index is 2.42. The molecule has 0 aliphatic heterocycles. The molecule has 0 radical (unpaired) electrons. The Labute approximate surface area is 365 Å². The molecule has 0 spiro atoms. The number of hydrogen-bond donors (Lipinski definition) is 0. The predicted molar refractivity (Wildman–Crippen MR) is 246 cm³/mol. The van der Waals surface area contributed by atoms with Crippen LogP contribution < -0.4 is 0 Å². The second-order valence-electron chi connectivity index (χ2n) is 18.8. The van der Waals surface area contributed by atoms with Crippen molar-refractivity contribution in [2.24, 2.45) is 23.2 Å². The van der Waals surface area contributed by atoms with Crippen molar-refractivity contribution in [3.63, 3.8) is 0 Å². The number of esters is 3. The van der Waals surface area contributed by atoms with Crippen molar-refractivity contribution in [2.75, 3.05) is 53.7 Å². The van der Waals surface area contributed by atoms with Crippen LogP contribution in [0.5, 0.6) is 0 Å². The zero-order chi connectivity index (χ0) is 43.2.